The molecule has 0 atom stereocenters. The van der Waals surface area contributed by atoms with E-state index in [0.29, 0.717) is 6.04 Å². The van der Waals surface area contributed by atoms with Gasteiger partial charge in [0.25, 0.3) is 0 Å². The molecule has 2 rings (SSSR count). The average molecular weight is 403 g/mol. The molecule has 0 heterocycles. The van der Waals surface area contributed by atoms with E-state index in [9.17, 15) is 0 Å². The van der Waals surface area contributed by atoms with Crippen molar-refractivity contribution >= 4 is 26.0 Å². The highest BCUT2D eigenvalue weighted by molar-refractivity contribution is 7.80. The van der Waals surface area contributed by atoms with Crippen LogP contribution in [-0.4, -0.2) is 40.0 Å². The first-order valence-corrected chi connectivity index (χ1v) is 11.3. The molecule has 0 aliphatic rings. The second-order valence-corrected chi connectivity index (χ2v) is 9.71. The van der Waals surface area contributed by atoms with Crippen LogP contribution in [0.1, 0.15) is 17.5 Å². The second kappa shape index (κ2) is 11.3. The Balaban J connectivity index is 2.02. The van der Waals surface area contributed by atoms with Gasteiger partial charge in [-0.3, -0.25) is 0 Å². The fourth-order valence-corrected chi connectivity index (χ4v) is 4.73. The first kappa shape index (κ1) is 21.7. The zero-order valence-electron chi connectivity index (χ0n) is 16.3. The topological polar surface area (TPSA) is 30.9 Å². The molecule has 0 aliphatic carbocycles. The average Bonchev–Trinajstić information content (AvgIpc) is 2.72. The predicted octanol–water partition coefficient (Wildman–Crippen LogP) is 4.49. The van der Waals surface area contributed by atoms with Crippen LogP contribution < -0.4 is 0 Å². The van der Waals surface area contributed by atoms with Crippen molar-refractivity contribution in [1.29, 1.82) is 0 Å². The summed E-state index contributed by atoms with van der Waals surface area (Å²) >= 11 is 5.73. The lowest BCUT2D eigenvalue weighted by molar-refractivity contribution is 0.124. The minimum absolute atomic E-state index is 0.696. The Kier molecular flexibility index (Phi) is 9.10. The Labute approximate surface area is 169 Å². The number of hydrogen-bond acceptors (Lipinski definition) is 4. The summed E-state index contributed by atoms with van der Waals surface area (Å²) in [5.41, 5.74) is 2.47. The van der Waals surface area contributed by atoms with Crippen LogP contribution in [0.4, 0.5) is 0 Å². The van der Waals surface area contributed by atoms with Gasteiger partial charge in [0.05, 0.1) is 4.99 Å². The van der Waals surface area contributed by atoms with Gasteiger partial charge in [0.15, 0.2) is 0 Å². The molecule has 0 saturated carbocycles. The molecule has 0 bridgehead atoms. The fraction of sp³-hybridized carbons (Fsp3) is 0.333. The lowest BCUT2D eigenvalue weighted by Gasteiger charge is -2.27. The summed E-state index contributed by atoms with van der Waals surface area (Å²) in [5.74, 6) is 0. The first-order chi connectivity index (χ1) is 13.1. The smallest absolute Gasteiger partial charge is 0.377 e. The van der Waals surface area contributed by atoms with Crippen LogP contribution >= 0.6 is 12.2 Å². The molecule has 6 heteroatoms. The Morgan fingerprint density at radius 1 is 0.852 bits per heavy atom. The Bertz CT molecular complexity index is 631. The van der Waals surface area contributed by atoms with E-state index in [0.717, 1.165) is 24.5 Å². The highest BCUT2D eigenvalue weighted by atomic mass is 32.1. The van der Waals surface area contributed by atoms with E-state index < -0.39 is 8.80 Å². The van der Waals surface area contributed by atoms with Gasteiger partial charge in [0.2, 0.25) is 0 Å². The fourth-order valence-electron chi connectivity index (χ4n) is 2.88. The summed E-state index contributed by atoms with van der Waals surface area (Å²) in [6, 6.07) is 21.5. The van der Waals surface area contributed by atoms with Crippen LogP contribution in [-0.2, 0) is 26.4 Å². The maximum Gasteiger partial charge on any atom is 0.500 e. The normalized spacial score (nSPS) is 11.4. The molecule has 2 aromatic rings. The van der Waals surface area contributed by atoms with Crippen LogP contribution in [0, 0.1) is 6.42 Å². The third kappa shape index (κ3) is 6.83. The summed E-state index contributed by atoms with van der Waals surface area (Å²) in [5, 5.41) is 0. The van der Waals surface area contributed by atoms with Gasteiger partial charge in [-0.2, -0.15) is 0 Å². The van der Waals surface area contributed by atoms with Gasteiger partial charge >= 0.3 is 8.80 Å². The maximum atomic E-state index is 5.73. The SMILES string of the molecule is CO[Si](CC[CH]C(=S)N(Cc1ccccc1)Cc1ccccc1)(OC)OC. The lowest BCUT2D eigenvalue weighted by atomic mass is 10.1. The molecule has 0 aromatic heterocycles. The largest absolute Gasteiger partial charge is 0.500 e. The van der Waals surface area contributed by atoms with Crippen molar-refractivity contribution in [3.8, 4) is 0 Å². The van der Waals surface area contributed by atoms with E-state index in [2.05, 4.69) is 59.9 Å². The van der Waals surface area contributed by atoms with Crippen molar-refractivity contribution in [3.63, 3.8) is 0 Å². The number of hydrogen-bond donors (Lipinski definition) is 0. The van der Waals surface area contributed by atoms with E-state index in [1.807, 2.05) is 12.1 Å². The predicted molar refractivity (Wildman–Crippen MR) is 115 cm³/mol. The molecule has 0 aliphatic heterocycles. The maximum absolute atomic E-state index is 5.73. The number of benzene rings is 2. The van der Waals surface area contributed by atoms with Crippen LogP contribution in [0.3, 0.4) is 0 Å². The zero-order valence-corrected chi connectivity index (χ0v) is 18.1. The third-order valence-electron chi connectivity index (χ3n) is 4.45. The van der Waals surface area contributed by atoms with Gasteiger partial charge in [0, 0.05) is 46.9 Å². The van der Waals surface area contributed by atoms with Gasteiger partial charge in [0.1, 0.15) is 0 Å². The van der Waals surface area contributed by atoms with Gasteiger partial charge in [-0.15, -0.1) is 0 Å². The Hall–Kier alpha value is -1.57. The molecule has 0 amide bonds. The minimum Gasteiger partial charge on any atom is -0.377 e. The third-order valence-corrected chi connectivity index (χ3v) is 7.64. The number of rotatable bonds is 11. The van der Waals surface area contributed by atoms with Gasteiger partial charge in [-0.05, 0) is 17.5 Å². The summed E-state index contributed by atoms with van der Waals surface area (Å²) in [6.07, 6.45) is 2.82. The molecule has 27 heavy (non-hydrogen) atoms. The minimum atomic E-state index is -2.58. The standard InChI is InChI=1S/C21H28NO3SSi/c1-23-27(24-2,25-3)16-10-15-21(26)22(17-19-11-6-4-7-12-19)18-20-13-8-5-9-14-20/h4-9,11-15H,10,16-18H2,1-3H3. The highest BCUT2D eigenvalue weighted by Crippen LogP contribution is 2.18. The van der Waals surface area contributed by atoms with E-state index in [1.165, 1.54) is 11.1 Å². The molecule has 0 fully saturated rings. The highest BCUT2D eigenvalue weighted by Gasteiger charge is 2.37. The van der Waals surface area contributed by atoms with Crippen molar-refractivity contribution in [1.82, 2.24) is 4.90 Å². The molecule has 4 nitrogen and oxygen atoms in total. The molecule has 1 radical (unpaired) electrons. The van der Waals surface area contributed by atoms with Crippen LogP contribution in [0.5, 0.6) is 0 Å². The van der Waals surface area contributed by atoms with Crippen molar-refractivity contribution < 1.29 is 13.3 Å². The van der Waals surface area contributed by atoms with Crippen molar-refractivity contribution in [2.75, 3.05) is 21.3 Å². The van der Waals surface area contributed by atoms with Crippen molar-refractivity contribution in [3.05, 3.63) is 78.2 Å². The quantitative estimate of drug-likeness (QED) is 0.408. The monoisotopic (exact) mass is 402 g/mol. The van der Waals surface area contributed by atoms with Crippen molar-refractivity contribution in [2.24, 2.45) is 0 Å². The molecule has 0 N–H and O–H groups in total. The van der Waals surface area contributed by atoms with E-state index >= 15 is 0 Å². The molecule has 0 spiro atoms. The lowest BCUT2D eigenvalue weighted by Crippen LogP contribution is -2.42. The number of thiocarbonyl (C=S) groups is 1. The molecular weight excluding hydrogens is 374 g/mol. The van der Waals surface area contributed by atoms with E-state index in [4.69, 9.17) is 25.5 Å². The second-order valence-electron chi connectivity index (χ2n) is 6.20. The summed E-state index contributed by atoms with van der Waals surface area (Å²) in [6.45, 7) is 1.54. The summed E-state index contributed by atoms with van der Waals surface area (Å²) < 4.78 is 16.5. The van der Waals surface area contributed by atoms with Crippen LogP contribution in [0.15, 0.2) is 60.7 Å². The molecule has 2 aromatic carbocycles. The zero-order chi connectivity index (χ0) is 19.5. The van der Waals surface area contributed by atoms with Crippen LogP contribution in [0.25, 0.3) is 0 Å². The van der Waals surface area contributed by atoms with Gasteiger partial charge in [-0.1, -0.05) is 72.9 Å². The first-order valence-electron chi connectivity index (χ1n) is 8.98. The van der Waals surface area contributed by atoms with E-state index in [1.54, 1.807) is 21.3 Å². The van der Waals surface area contributed by atoms with Gasteiger partial charge in [-0.25, -0.2) is 0 Å². The van der Waals surface area contributed by atoms with Gasteiger partial charge < -0.3 is 18.2 Å². The Morgan fingerprint density at radius 2 is 1.30 bits per heavy atom. The Morgan fingerprint density at radius 3 is 1.70 bits per heavy atom. The van der Waals surface area contributed by atoms with Crippen LogP contribution in [0.2, 0.25) is 6.04 Å². The summed E-state index contributed by atoms with van der Waals surface area (Å²) in [4.78, 5) is 3.05. The summed E-state index contributed by atoms with van der Waals surface area (Å²) in [7, 11) is 2.32. The molecule has 0 unspecified atom stereocenters. The molecule has 145 valence electrons. The van der Waals surface area contributed by atoms with Crippen molar-refractivity contribution in [2.45, 2.75) is 25.6 Å². The van der Waals surface area contributed by atoms with E-state index in [-0.39, 0.29) is 0 Å². The molecule has 0 saturated heterocycles. The number of nitrogens with zero attached hydrogens (tertiary/aromatic N) is 1. The molecular formula is C21H28NO3SSi.